The van der Waals surface area contributed by atoms with Crippen molar-refractivity contribution in [1.82, 2.24) is 0 Å². The Bertz CT molecular complexity index is 412. The van der Waals surface area contributed by atoms with Gasteiger partial charge in [-0.1, -0.05) is 0 Å². The highest BCUT2D eigenvalue weighted by Gasteiger charge is 2.14. The van der Waals surface area contributed by atoms with Crippen LogP contribution in [0.25, 0.3) is 0 Å². The number of carbonyl (C=O) groups is 1. The van der Waals surface area contributed by atoms with Crippen LogP contribution in [0.4, 0.5) is 11.4 Å². The first-order valence-electron chi connectivity index (χ1n) is 5.91. The Morgan fingerprint density at radius 3 is 2.65 bits per heavy atom. The van der Waals surface area contributed by atoms with Crippen molar-refractivity contribution < 1.29 is 9.53 Å². The van der Waals surface area contributed by atoms with Crippen LogP contribution in [0.5, 0.6) is 5.75 Å². The van der Waals surface area contributed by atoms with Crippen LogP contribution >= 0.6 is 0 Å². The molecule has 0 spiro atoms. The largest absolute Gasteiger partial charge is 0.494 e. The van der Waals surface area contributed by atoms with E-state index in [0.717, 1.165) is 24.5 Å². The first kappa shape index (κ1) is 11.8. The molecule has 1 aliphatic heterocycles. The van der Waals surface area contributed by atoms with Gasteiger partial charge in [0.15, 0.2) is 0 Å². The number of hydrogen-bond donors (Lipinski definition) is 1. The molecule has 0 aliphatic carbocycles. The van der Waals surface area contributed by atoms with E-state index in [0.29, 0.717) is 5.75 Å². The average molecular weight is 234 g/mol. The van der Waals surface area contributed by atoms with E-state index in [1.807, 2.05) is 18.2 Å². The summed E-state index contributed by atoms with van der Waals surface area (Å²) in [5.41, 5.74) is 1.89. The fourth-order valence-electron chi connectivity index (χ4n) is 2.14. The van der Waals surface area contributed by atoms with Gasteiger partial charge >= 0.3 is 0 Å². The number of carbonyl (C=O) groups excluding carboxylic acids is 1. The fraction of sp³-hybridized carbons (Fsp3) is 0.462. The quantitative estimate of drug-likeness (QED) is 0.872. The second-order valence-corrected chi connectivity index (χ2v) is 4.26. The second kappa shape index (κ2) is 5.08. The number of ether oxygens (including phenoxy) is 1. The molecule has 0 unspecified atom stereocenters. The van der Waals surface area contributed by atoms with E-state index in [4.69, 9.17) is 4.74 Å². The summed E-state index contributed by atoms with van der Waals surface area (Å²) in [4.78, 5) is 13.4. The van der Waals surface area contributed by atoms with Crippen LogP contribution in [0.3, 0.4) is 0 Å². The molecule has 1 aliphatic rings. The van der Waals surface area contributed by atoms with E-state index in [9.17, 15) is 4.79 Å². The molecular formula is C13H18N2O2. The maximum absolute atomic E-state index is 11.0. The average Bonchev–Trinajstić information content (AvgIpc) is 2.82. The zero-order valence-electron chi connectivity index (χ0n) is 10.3. The van der Waals surface area contributed by atoms with Crippen molar-refractivity contribution >= 4 is 17.3 Å². The predicted octanol–water partition coefficient (Wildman–Crippen LogP) is 2.25. The van der Waals surface area contributed by atoms with E-state index in [-0.39, 0.29) is 5.91 Å². The summed E-state index contributed by atoms with van der Waals surface area (Å²) < 4.78 is 5.31. The molecule has 1 saturated heterocycles. The summed E-state index contributed by atoms with van der Waals surface area (Å²) >= 11 is 0. The highest BCUT2D eigenvalue weighted by Crippen LogP contribution is 2.31. The molecule has 0 aromatic heterocycles. The molecule has 1 aromatic rings. The van der Waals surface area contributed by atoms with Crippen molar-refractivity contribution in [1.29, 1.82) is 0 Å². The van der Waals surface area contributed by atoms with Gasteiger partial charge in [-0.25, -0.2) is 0 Å². The normalized spacial score (nSPS) is 14.8. The monoisotopic (exact) mass is 234 g/mol. The van der Waals surface area contributed by atoms with Crippen LogP contribution in [-0.4, -0.2) is 26.1 Å². The zero-order valence-corrected chi connectivity index (χ0v) is 10.3. The summed E-state index contributed by atoms with van der Waals surface area (Å²) in [5.74, 6) is 0.627. The number of amides is 1. The highest BCUT2D eigenvalue weighted by atomic mass is 16.5. The van der Waals surface area contributed by atoms with Gasteiger partial charge in [0, 0.05) is 31.8 Å². The van der Waals surface area contributed by atoms with Gasteiger partial charge in [-0.15, -0.1) is 0 Å². The lowest BCUT2D eigenvalue weighted by Gasteiger charge is -2.19. The summed E-state index contributed by atoms with van der Waals surface area (Å²) in [6.45, 7) is 3.69. The minimum atomic E-state index is -0.0859. The lowest BCUT2D eigenvalue weighted by molar-refractivity contribution is -0.114. The third-order valence-corrected chi connectivity index (χ3v) is 2.97. The lowest BCUT2D eigenvalue weighted by Crippen LogP contribution is -2.17. The van der Waals surface area contributed by atoms with Crippen molar-refractivity contribution in [3.63, 3.8) is 0 Å². The molecule has 1 N–H and O–H groups in total. The summed E-state index contributed by atoms with van der Waals surface area (Å²) in [6, 6.07) is 5.91. The maximum Gasteiger partial charge on any atom is 0.221 e. The summed E-state index contributed by atoms with van der Waals surface area (Å²) in [6.07, 6.45) is 2.49. The van der Waals surface area contributed by atoms with E-state index in [2.05, 4.69) is 10.2 Å². The maximum atomic E-state index is 11.0. The third-order valence-electron chi connectivity index (χ3n) is 2.97. The Labute approximate surface area is 102 Å². The molecule has 1 aromatic carbocycles. The van der Waals surface area contributed by atoms with Gasteiger partial charge in [0.05, 0.1) is 12.8 Å². The number of nitrogens with one attached hydrogen (secondary N) is 1. The molecule has 2 rings (SSSR count). The molecular weight excluding hydrogens is 216 g/mol. The van der Waals surface area contributed by atoms with Crippen molar-refractivity contribution in [2.45, 2.75) is 19.8 Å². The van der Waals surface area contributed by atoms with Gasteiger partial charge in [-0.05, 0) is 25.0 Å². The summed E-state index contributed by atoms with van der Waals surface area (Å²) in [5, 5.41) is 2.76. The molecule has 0 radical (unpaired) electrons. The van der Waals surface area contributed by atoms with Gasteiger partial charge in [0.25, 0.3) is 0 Å². The van der Waals surface area contributed by atoms with Crippen molar-refractivity contribution in [2.75, 3.05) is 30.4 Å². The zero-order chi connectivity index (χ0) is 12.3. The number of nitrogens with zero attached hydrogens (tertiary/aromatic N) is 1. The van der Waals surface area contributed by atoms with Crippen LogP contribution in [0, 0.1) is 0 Å². The Morgan fingerprint density at radius 2 is 2.06 bits per heavy atom. The first-order chi connectivity index (χ1) is 8.20. The molecule has 17 heavy (non-hydrogen) atoms. The highest BCUT2D eigenvalue weighted by molar-refractivity contribution is 5.90. The molecule has 0 saturated carbocycles. The van der Waals surface area contributed by atoms with Crippen molar-refractivity contribution in [2.24, 2.45) is 0 Å². The molecule has 1 fully saturated rings. The van der Waals surface area contributed by atoms with Gasteiger partial charge in [-0.2, -0.15) is 0 Å². The van der Waals surface area contributed by atoms with Gasteiger partial charge in [0.1, 0.15) is 5.75 Å². The molecule has 1 heterocycles. The topological polar surface area (TPSA) is 41.6 Å². The number of hydrogen-bond acceptors (Lipinski definition) is 3. The van der Waals surface area contributed by atoms with E-state index < -0.39 is 0 Å². The minimum Gasteiger partial charge on any atom is -0.494 e. The number of rotatable bonds is 3. The Kier molecular flexibility index (Phi) is 3.52. The van der Waals surface area contributed by atoms with Crippen molar-refractivity contribution in [3.8, 4) is 5.75 Å². The predicted molar refractivity (Wildman–Crippen MR) is 68.7 cm³/mol. The molecule has 1 amide bonds. The molecule has 0 bridgehead atoms. The SMILES string of the molecule is COc1cc(N2CCCC2)ccc1NC(C)=O. The van der Waals surface area contributed by atoms with Gasteiger partial charge < -0.3 is 15.0 Å². The second-order valence-electron chi connectivity index (χ2n) is 4.26. The van der Waals surface area contributed by atoms with E-state index in [1.165, 1.54) is 19.8 Å². The number of anilines is 2. The minimum absolute atomic E-state index is 0.0859. The number of methoxy groups -OCH3 is 1. The smallest absolute Gasteiger partial charge is 0.221 e. The van der Waals surface area contributed by atoms with Crippen LogP contribution in [0.15, 0.2) is 18.2 Å². The molecule has 4 nitrogen and oxygen atoms in total. The van der Waals surface area contributed by atoms with Crippen molar-refractivity contribution in [3.05, 3.63) is 18.2 Å². The standard InChI is InChI=1S/C13H18N2O2/c1-10(16)14-12-6-5-11(9-13(12)17-2)15-7-3-4-8-15/h5-6,9H,3-4,7-8H2,1-2H3,(H,14,16). The summed E-state index contributed by atoms with van der Waals surface area (Å²) in [7, 11) is 1.62. The van der Waals surface area contributed by atoms with Gasteiger partial charge in [0.2, 0.25) is 5.91 Å². The van der Waals surface area contributed by atoms with Gasteiger partial charge in [-0.3, -0.25) is 4.79 Å². The first-order valence-corrected chi connectivity index (χ1v) is 5.91. The fourth-order valence-corrected chi connectivity index (χ4v) is 2.14. The van der Waals surface area contributed by atoms with E-state index in [1.54, 1.807) is 7.11 Å². The van der Waals surface area contributed by atoms with E-state index >= 15 is 0 Å². The van der Waals surface area contributed by atoms with Crippen LogP contribution in [0.1, 0.15) is 19.8 Å². The van der Waals surface area contributed by atoms with Crippen LogP contribution in [-0.2, 0) is 4.79 Å². The van der Waals surface area contributed by atoms with Crippen LogP contribution in [0.2, 0.25) is 0 Å². The molecule has 0 atom stereocenters. The van der Waals surface area contributed by atoms with Crippen LogP contribution < -0.4 is 15.0 Å². The third kappa shape index (κ3) is 2.70. The Balaban J connectivity index is 2.23. The number of benzene rings is 1. The Hall–Kier alpha value is -1.71. The Morgan fingerprint density at radius 1 is 1.35 bits per heavy atom. The molecule has 92 valence electrons. The molecule has 4 heteroatoms. The lowest BCUT2D eigenvalue weighted by atomic mass is 10.2.